The first-order valence-electron chi connectivity index (χ1n) is 11.3. The Hall–Kier alpha value is -2.51. The monoisotopic (exact) mass is 558 g/mol. The first-order valence-corrected chi connectivity index (χ1v) is 12.1. The quantitative estimate of drug-likeness (QED) is 0.333. The van der Waals surface area contributed by atoms with Crippen molar-refractivity contribution in [2.45, 2.75) is 51.1 Å². The molecule has 1 saturated heterocycles. The number of benzene rings is 1. The molecule has 1 fully saturated rings. The van der Waals surface area contributed by atoms with Crippen molar-refractivity contribution in [1.82, 2.24) is 10.3 Å². The second kappa shape index (κ2) is 12.8. The number of esters is 1. The number of pyridine rings is 1. The van der Waals surface area contributed by atoms with E-state index in [2.05, 4.69) is 10.3 Å². The van der Waals surface area contributed by atoms with E-state index in [1.165, 1.54) is 19.2 Å². The van der Waals surface area contributed by atoms with Gasteiger partial charge in [0.1, 0.15) is 36.7 Å². The molecule has 202 valence electrons. The predicted molar refractivity (Wildman–Crippen MR) is 132 cm³/mol. The fraction of sp³-hybridized carbons (Fsp3) is 0.458. The number of hydrogen-bond acceptors (Lipinski definition) is 10. The summed E-state index contributed by atoms with van der Waals surface area (Å²) in [6, 6.07) is 5.00. The summed E-state index contributed by atoms with van der Waals surface area (Å²) in [4.78, 5) is 29.2. The minimum Gasteiger partial charge on any atom is -0.484 e. The zero-order valence-electron chi connectivity index (χ0n) is 20.3. The normalized spacial score (nSPS) is 23.4. The molecular formula is C24H28Cl2N2O9. The number of ether oxygens (including phenoxy) is 4. The summed E-state index contributed by atoms with van der Waals surface area (Å²) < 4.78 is 21.3. The second-order valence-electron chi connectivity index (χ2n) is 8.14. The fourth-order valence-corrected chi connectivity index (χ4v) is 4.32. The Bertz CT molecular complexity index is 1130. The molecule has 37 heavy (non-hydrogen) atoms. The molecule has 0 saturated carbocycles. The summed E-state index contributed by atoms with van der Waals surface area (Å²) >= 11 is 12.9. The van der Waals surface area contributed by atoms with Crippen molar-refractivity contribution in [2.24, 2.45) is 0 Å². The van der Waals surface area contributed by atoms with Gasteiger partial charge in [0.2, 0.25) is 0 Å². The minimum absolute atomic E-state index is 0.0337. The van der Waals surface area contributed by atoms with Crippen LogP contribution in [0.15, 0.2) is 24.3 Å². The van der Waals surface area contributed by atoms with Crippen molar-refractivity contribution in [3.05, 3.63) is 56.8 Å². The van der Waals surface area contributed by atoms with E-state index in [0.29, 0.717) is 11.3 Å². The summed E-state index contributed by atoms with van der Waals surface area (Å²) in [7, 11) is 1.30. The van der Waals surface area contributed by atoms with Crippen LogP contribution in [0, 0.1) is 6.92 Å². The van der Waals surface area contributed by atoms with E-state index in [1.807, 2.05) is 0 Å². The van der Waals surface area contributed by atoms with Crippen molar-refractivity contribution in [3.63, 3.8) is 0 Å². The third-order valence-electron chi connectivity index (χ3n) is 5.73. The average Bonchev–Trinajstić information content (AvgIpc) is 2.89. The summed E-state index contributed by atoms with van der Waals surface area (Å²) in [6.45, 7) is 2.88. The van der Waals surface area contributed by atoms with Gasteiger partial charge in [0.25, 0.3) is 5.91 Å². The Morgan fingerprint density at radius 3 is 2.59 bits per heavy atom. The fourth-order valence-electron chi connectivity index (χ4n) is 3.75. The molecule has 3 rings (SSSR count). The highest BCUT2D eigenvalue weighted by Crippen LogP contribution is 2.38. The first kappa shape index (κ1) is 29.1. The molecule has 13 heteroatoms. The van der Waals surface area contributed by atoms with Crippen LogP contribution in [0.2, 0.25) is 10.0 Å². The number of rotatable bonds is 9. The van der Waals surface area contributed by atoms with Crippen molar-refractivity contribution >= 4 is 35.1 Å². The Morgan fingerprint density at radius 1 is 1.22 bits per heavy atom. The molecule has 1 aromatic heterocycles. The van der Waals surface area contributed by atoms with Crippen molar-refractivity contribution in [1.29, 1.82) is 0 Å². The molecule has 1 aliphatic rings. The van der Waals surface area contributed by atoms with Crippen molar-refractivity contribution in [2.75, 3.05) is 20.3 Å². The van der Waals surface area contributed by atoms with Gasteiger partial charge in [-0.25, -0.2) is 9.78 Å². The lowest BCUT2D eigenvalue weighted by Crippen LogP contribution is -2.64. The number of carbonyl (C=O) groups excluding carboxylic acids is 2. The summed E-state index contributed by atoms with van der Waals surface area (Å²) in [5, 5.41) is 32.7. The third-order valence-corrected chi connectivity index (χ3v) is 6.47. The van der Waals surface area contributed by atoms with E-state index in [4.69, 9.17) is 42.1 Å². The van der Waals surface area contributed by atoms with Gasteiger partial charge in [-0.05, 0) is 37.6 Å². The molecule has 0 aliphatic carbocycles. The highest BCUT2D eigenvalue weighted by molar-refractivity contribution is 6.38. The molecule has 2 aromatic rings. The molecule has 2 heterocycles. The van der Waals surface area contributed by atoms with Gasteiger partial charge in [-0.15, -0.1) is 0 Å². The van der Waals surface area contributed by atoms with Gasteiger partial charge >= 0.3 is 5.97 Å². The molecule has 0 radical (unpaired) electrons. The van der Waals surface area contributed by atoms with E-state index >= 15 is 0 Å². The predicted octanol–water partition coefficient (Wildman–Crippen LogP) is 1.64. The molecule has 11 nitrogen and oxygen atoms in total. The van der Waals surface area contributed by atoms with Gasteiger partial charge < -0.3 is 39.6 Å². The maximum absolute atomic E-state index is 13.1. The van der Waals surface area contributed by atoms with Crippen LogP contribution in [-0.4, -0.2) is 83.1 Å². The van der Waals surface area contributed by atoms with Crippen LogP contribution < -0.4 is 10.1 Å². The van der Waals surface area contributed by atoms with Gasteiger partial charge in [0, 0.05) is 12.7 Å². The van der Waals surface area contributed by atoms with Gasteiger partial charge in [0.15, 0.2) is 12.0 Å². The molecular weight excluding hydrogens is 531 g/mol. The average molecular weight is 559 g/mol. The number of amides is 1. The van der Waals surface area contributed by atoms with Crippen LogP contribution >= 0.6 is 23.2 Å². The maximum atomic E-state index is 13.1. The molecule has 0 unspecified atom stereocenters. The number of aromatic nitrogens is 1. The SMILES string of the molecule is CCOC(=O)c1cccc(COc2c(Cl)cc(C(=O)N[C@H]3[C@@H](OC)O[C@H](CO)[C@@H](O)[C@@H]3O)c(C)c2Cl)n1. The lowest BCUT2D eigenvalue weighted by Gasteiger charge is -2.41. The highest BCUT2D eigenvalue weighted by Gasteiger charge is 2.45. The lowest BCUT2D eigenvalue weighted by molar-refractivity contribution is -0.261. The van der Waals surface area contributed by atoms with Crippen molar-refractivity contribution in [3.8, 4) is 5.75 Å². The number of nitrogens with zero attached hydrogens (tertiary/aromatic N) is 1. The van der Waals surface area contributed by atoms with Crippen LogP contribution in [0.1, 0.15) is 39.0 Å². The first-order chi connectivity index (χ1) is 17.6. The molecule has 1 aromatic carbocycles. The van der Waals surface area contributed by atoms with Crippen LogP contribution in [-0.2, 0) is 20.8 Å². The number of aliphatic hydroxyl groups excluding tert-OH is 3. The van der Waals surface area contributed by atoms with Gasteiger partial charge in [-0.2, -0.15) is 0 Å². The van der Waals surface area contributed by atoms with E-state index in [0.717, 1.165) is 0 Å². The third kappa shape index (κ3) is 6.50. The number of aliphatic hydroxyl groups is 3. The standard InChI is InChI=1S/C24H28Cl2N2O9/c1-4-35-23(33)15-7-5-6-12(27-15)10-36-21-14(25)8-13(11(2)17(21)26)22(32)28-18-20(31)19(30)16(9-29)37-24(18)34-3/h5-8,16,18-20,24,29-31H,4,9-10H2,1-3H3,(H,28,32)/t16-,18-,19-,20-,24+/m1/s1. The molecule has 1 amide bonds. The van der Waals surface area contributed by atoms with Crippen LogP contribution in [0.4, 0.5) is 0 Å². The number of halogens is 2. The topological polar surface area (TPSA) is 157 Å². The number of hydrogen-bond donors (Lipinski definition) is 4. The Labute approximate surface area is 223 Å². The number of carbonyl (C=O) groups is 2. The lowest BCUT2D eigenvalue weighted by atomic mass is 9.96. The highest BCUT2D eigenvalue weighted by atomic mass is 35.5. The van der Waals surface area contributed by atoms with Gasteiger partial charge in [-0.1, -0.05) is 29.3 Å². The van der Waals surface area contributed by atoms with Gasteiger partial charge in [-0.3, -0.25) is 4.79 Å². The molecule has 4 N–H and O–H groups in total. The Morgan fingerprint density at radius 2 is 1.95 bits per heavy atom. The molecule has 0 spiro atoms. The van der Waals surface area contributed by atoms with Crippen molar-refractivity contribution < 1.29 is 43.9 Å². The summed E-state index contributed by atoms with van der Waals surface area (Å²) in [6.07, 6.45) is -5.15. The van der Waals surface area contributed by atoms with E-state index < -0.39 is 49.1 Å². The number of nitrogens with one attached hydrogen (secondary N) is 1. The van der Waals surface area contributed by atoms with Crippen LogP contribution in [0.25, 0.3) is 0 Å². The minimum atomic E-state index is -1.48. The number of methoxy groups -OCH3 is 1. The van der Waals surface area contributed by atoms with E-state index in [1.54, 1.807) is 26.0 Å². The molecule has 5 atom stereocenters. The summed E-state index contributed by atoms with van der Waals surface area (Å²) in [5.74, 6) is -1.12. The summed E-state index contributed by atoms with van der Waals surface area (Å²) in [5.41, 5.74) is 0.974. The zero-order chi connectivity index (χ0) is 27.3. The zero-order valence-corrected chi connectivity index (χ0v) is 21.8. The van der Waals surface area contributed by atoms with Crippen LogP contribution in [0.5, 0.6) is 5.75 Å². The molecule has 1 aliphatic heterocycles. The smallest absolute Gasteiger partial charge is 0.356 e. The largest absolute Gasteiger partial charge is 0.484 e. The van der Waals surface area contributed by atoms with Gasteiger partial charge in [0.05, 0.1) is 29.0 Å². The molecule has 0 bridgehead atoms. The van der Waals surface area contributed by atoms with E-state index in [-0.39, 0.29) is 40.3 Å². The van der Waals surface area contributed by atoms with E-state index in [9.17, 15) is 24.9 Å². The Kier molecular flexibility index (Phi) is 10.1. The second-order valence-corrected chi connectivity index (χ2v) is 8.92. The Balaban J connectivity index is 1.77. The van der Waals surface area contributed by atoms with Crippen LogP contribution in [0.3, 0.4) is 0 Å². The maximum Gasteiger partial charge on any atom is 0.356 e.